The first-order chi connectivity index (χ1) is 10.1. The highest BCUT2D eigenvalue weighted by Crippen LogP contribution is 2.29. The van der Waals surface area contributed by atoms with Crippen molar-refractivity contribution >= 4 is 39.2 Å². The third kappa shape index (κ3) is 3.94. The maximum atomic E-state index is 11.9. The second kappa shape index (κ2) is 7.22. The number of thioether (sulfide) groups is 1. The van der Waals surface area contributed by atoms with E-state index in [9.17, 15) is 15.0 Å². The van der Waals surface area contributed by atoms with Gasteiger partial charge in [-0.05, 0) is 18.6 Å². The number of nitrogens with zero attached hydrogens (tertiary/aromatic N) is 1. The van der Waals surface area contributed by atoms with Crippen molar-refractivity contribution in [1.82, 2.24) is 10.3 Å². The summed E-state index contributed by atoms with van der Waals surface area (Å²) in [6.45, 7) is 1.25. The van der Waals surface area contributed by atoms with E-state index in [0.29, 0.717) is 6.42 Å². The van der Waals surface area contributed by atoms with Crippen molar-refractivity contribution in [3.8, 4) is 0 Å². The van der Waals surface area contributed by atoms with Crippen LogP contribution in [0.15, 0.2) is 28.6 Å². The van der Waals surface area contributed by atoms with Gasteiger partial charge in [-0.3, -0.25) is 4.79 Å². The summed E-state index contributed by atoms with van der Waals surface area (Å²) < 4.78 is 1.93. The van der Waals surface area contributed by atoms with Crippen molar-refractivity contribution in [2.75, 3.05) is 19.0 Å². The fourth-order valence-electron chi connectivity index (χ4n) is 1.81. The van der Waals surface area contributed by atoms with Gasteiger partial charge in [0.25, 0.3) is 0 Å². The normalized spacial score (nSPS) is 11.8. The van der Waals surface area contributed by atoms with E-state index in [4.69, 9.17) is 0 Å². The molecule has 0 radical (unpaired) electrons. The number of amides is 1. The predicted molar refractivity (Wildman–Crippen MR) is 85.7 cm³/mol. The Morgan fingerprint density at radius 2 is 2.10 bits per heavy atom. The van der Waals surface area contributed by atoms with E-state index >= 15 is 0 Å². The van der Waals surface area contributed by atoms with Gasteiger partial charge in [0.1, 0.15) is 0 Å². The van der Waals surface area contributed by atoms with Gasteiger partial charge >= 0.3 is 0 Å². The first kappa shape index (κ1) is 16.2. The largest absolute Gasteiger partial charge is 0.394 e. The second-order valence-electron chi connectivity index (χ2n) is 4.73. The van der Waals surface area contributed by atoms with Crippen molar-refractivity contribution in [2.45, 2.75) is 23.2 Å². The lowest BCUT2D eigenvalue weighted by Gasteiger charge is -2.29. The van der Waals surface area contributed by atoms with Crippen LogP contribution in [0.2, 0.25) is 0 Å². The molecule has 7 heteroatoms. The number of carbonyl (C=O) groups excluding carboxylic acids is 1. The van der Waals surface area contributed by atoms with E-state index in [-0.39, 0.29) is 24.9 Å². The molecule has 0 atom stereocenters. The van der Waals surface area contributed by atoms with Crippen LogP contribution in [0.25, 0.3) is 10.2 Å². The molecule has 0 saturated heterocycles. The Morgan fingerprint density at radius 1 is 1.38 bits per heavy atom. The molecular weight excluding hydrogens is 308 g/mol. The Bertz CT molecular complexity index is 570. The number of thiazole rings is 1. The lowest BCUT2D eigenvalue weighted by atomic mass is 9.99. The first-order valence-electron chi connectivity index (χ1n) is 6.63. The molecule has 0 aliphatic rings. The van der Waals surface area contributed by atoms with Crippen molar-refractivity contribution < 1.29 is 15.0 Å². The van der Waals surface area contributed by atoms with Crippen LogP contribution in [0.5, 0.6) is 0 Å². The summed E-state index contributed by atoms with van der Waals surface area (Å²) in [4.78, 5) is 16.4. The Labute approximate surface area is 131 Å². The number of fused-ring (bicyclic) bond motifs is 1. The molecule has 0 fully saturated rings. The molecule has 0 unspecified atom stereocenters. The number of carbonyl (C=O) groups is 1. The van der Waals surface area contributed by atoms with Crippen LogP contribution >= 0.6 is 23.1 Å². The van der Waals surface area contributed by atoms with Crippen molar-refractivity contribution in [3.63, 3.8) is 0 Å². The molecule has 1 aromatic heterocycles. The molecule has 1 aromatic carbocycles. The molecule has 0 aliphatic heterocycles. The van der Waals surface area contributed by atoms with Gasteiger partial charge in [-0.1, -0.05) is 30.8 Å². The molecule has 2 aromatic rings. The third-order valence-electron chi connectivity index (χ3n) is 3.29. The number of aliphatic hydroxyl groups is 2. The van der Waals surface area contributed by atoms with Gasteiger partial charge in [-0.2, -0.15) is 0 Å². The zero-order valence-electron chi connectivity index (χ0n) is 11.7. The van der Waals surface area contributed by atoms with Crippen LogP contribution in [0.1, 0.15) is 13.3 Å². The summed E-state index contributed by atoms with van der Waals surface area (Å²) >= 11 is 2.91. The van der Waals surface area contributed by atoms with Crippen LogP contribution in [0.3, 0.4) is 0 Å². The van der Waals surface area contributed by atoms with Gasteiger partial charge in [0.05, 0.1) is 34.7 Å². The molecule has 114 valence electrons. The lowest BCUT2D eigenvalue weighted by molar-refractivity contribution is -0.121. The number of benzene rings is 1. The zero-order valence-corrected chi connectivity index (χ0v) is 13.3. The van der Waals surface area contributed by atoms with E-state index < -0.39 is 5.54 Å². The van der Waals surface area contributed by atoms with Gasteiger partial charge in [-0.25, -0.2) is 4.98 Å². The minimum atomic E-state index is -0.939. The van der Waals surface area contributed by atoms with Gasteiger partial charge < -0.3 is 15.5 Å². The quantitative estimate of drug-likeness (QED) is 0.674. The number of aromatic nitrogens is 1. The number of para-hydroxylation sites is 1. The van der Waals surface area contributed by atoms with E-state index in [0.717, 1.165) is 14.6 Å². The molecule has 0 bridgehead atoms. The summed E-state index contributed by atoms with van der Waals surface area (Å²) in [5.41, 5.74) is -0.00959. The number of hydrogen-bond acceptors (Lipinski definition) is 6. The topological polar surface area (TPSA) is 82.5 Å². The van der Waals surface area contributed by atoms with Gasteiger partial charge in [0.15, 0.2) is 4.34 Å². The van der Waals surface area contributed by atoms with Crippen LogP contribution in [-0.2, 0) is 4.79 Å². The molecule has 1 heterocycles. The van der Waals surface area contributed by atoms with Crippen LogP contribution in [-0.4, -0.2) is 45.6 Å². The minimum Gasteiger partial charge on any atom is -0.394 e. The first-order valence-corrected chi connectivity index (χ1v) is 8.44. The fourth-order valence-corrected chi connectivity index (χ4v) is 3.68. The summed E-state index contributed by atoms with van der Waals surface area (Å²) in [7, 11) is 0. The Hall–Kier alpha value is -1.15. The summed E-state index contributed by atoms with van der Waals surface area (Å²) in [5.74, 6) is -0.00843. The molecule has 1 amide bonds. The van der Waals surface area contributed by atoms with E-state index in [1.807, 2.05) is 31.2 Å². The number of hydrogen-bond donors (Lipinski definition) is 3. The maximum Gasteiger partial charge on any atom is 0.231 e. The van der Waals surface area contributed by atoms with Crippen LogP contribution in [0.4, 0.5) is 0 Å². The summed E-state index contributed by atoms with van der Waals surface area (Å²) in [5, 5.41) is 21.3. The molecule has 5 nitrogen and oxygen atoms in total. The Balaban J connectivity index is 1.94. The minimum absolute atomic E-state index is 0.210. The van der Waals surface area contributed by atoms with Gasteiger partial charge in [0, 0.05) is 0 Å². The van der Waals surface area contributed by atoms with Crippen LogP contribution in [0, 0.1) is 0 Å². The zero-order chi connectivity index (χ0) is 15.3. The Morgan fingerprint density at radius 3 is 2.71 bits per heavy atom. The van der Waals surface area contributed by atoms with Crippen LogP contribution < -0.4 is 5.32 Å². The van der Waals surface area contributed by atoms with Crippen molar-refractivity contribution in [1.29, 1.82) is 0 Å². The van der Waals surface area contributed by atoms with E-state index in [2.05, 4.69) is 10.3 Å². The molecule has 0 saturated carbocycles. The Kier molecular flexibility index (Phi) is 5.58. The monoisotopic (exact) mass is 326 g/mol. The second-order valence-corrected chi connectivity index (χ2v) is 6.99. The number of nitrogens with one attached hydrogen (secondary N) is 1. The SMILES string of the molecule is CCC(CO)(CO)NC(=O)CSc1nc2ccccc2s1. The predicted octanol–water partition coefficient (Wildman–Crippen LogP) is 1.64. The molecule has 3 N–H and O–H groups in total. The molecule has 0 aliphatic carbocycles. The maximum absolute atomic E-state index is 11.9. The number of rotatable bonds is 7. The standard InChI is InChI=1S/C14H18N2O3S2/c1-2-14(8-17,9-18)16-12(19)7-20-13-15-10-5-3-4-6-11(10)21-13/h3-6,17-18H,2,7-9H2,1H3,(H,16,19). The summed E-state index contributed by atoms with van der Waals surface area (Å²) in [6.07, 6.45) is 0.470. The molecule has 21 heavy (non-hydrogen) atoms. The molecule has 2 rings (SSSR count). The highest BCUT2D eigenvalue weighted by molar-refractivity contribution is 8.01. The molecular formula is C14H18N2O3S2. The highest BCUT2D eigenvalue weighted by Gasteiger charge is 2.28. The van der Waals surface area contributed by atoms with Gasteiger partial charge in [-0.15, -0.1) is 11.3 Å². The van der Waals surface area contributed by atoms with Gasteiger partial charge in [0.2, 0.25) is 5.91 Å². The molecule has 0 spiro atoms. The summed E-state index contributed by atoms with van der Waals surface area (Å²) in [6, 6.07) is 7.83. The smallest absolute Gasteiger partial charge is 0.231 e. The van der Waals surface area contributed by atoms with Crippen molar-refractivity contribution in [2.24, 2.45) is 0 Å². The average molecular weight is 326 g/mol. The number of aliphatic hydroxyl groups excluding tert-OH is 2. The average Bonchev–Trinajstić information content (AvgIpc) is 2.94. The van der Waals surface area contributed by atoms with E-state index in [1.165, 1.54) is 11.8 Å². The fraction of sp³-hybridized carbons (Fsp3) is 0.429. The lowest BCUT2D eigenvalue weighted by Crippen LogP contribution is -2.54. The highest BCUT2D eigenvalue weighted by atomic mass is 32.2. The van der Waals surface area contributed by atoms with E-state index in [1.54, 1.807) is 11.3 Å². The van der Waals surface area contributed by atoms with Crippen molar-refractivity contribution in [3.05, 3.63) is 24.3 Å². The third-order valence-corrected chi connectivity index (χ3v) is 5.47.